The number of methoxy groups -OCH3 is 19. The van der Waals surface area contributed by atoms with E-state index in [1.54, 1.807) is 0 Å². The Hall–Kier alpha value is -1.50. The largest absolute Gasteiger partial charge is 0.382 e. The Balaban J connectivity index is 1.27. The van der Waals surface area contributed by atoms with Gasteiger partial charge < -0.3 is 156 Å². The summed E-state index contributed by atoms with van der Waals surface area (Å²) >= 11 is 0. The van der Waals surface area contributed by atoms with Crippen LogP contribution in [0.2, 0.25) is 0 Å². The summed E-state index contributed by atoms with van der Waals surface area (Å²) in [6.07, 6.45) is -40.5. The molecule has 21 heterocycles. The monoisotopic (exact) mass is 1560 g/mol. The van der Waals surface area contributed by atoms with Crippen LogP contribution in [0, 0.1) is 0 Å². The van der Waals surface area contributed by atoms with Crippen LogP contribution in [0.3, 0.4) is 0 Å². The van der Waals surface area contributed by atoms with Gasteiger partial charge in [-0.15, -0.1) is 0 Å². The summed E-state index contributed by atoms with van der Waals surface area (Å²) in [7, 11) is 18.7. The Kier molecular flexibility index (Phi) is 35.0. The quantitative estimate of drug-likeness (QED) is 0.0654. The van der Waals surface area contributed by atoms with E-state index in [9.17, 15) is 16.8 Å². The molecule has 0 N–H and O–H groups in total. The highest BCUT2D eigenvalue weighted by atomic mass is 32.2. The summed E-state index contributed by atoms with van der Waals surface area (Å²) in [5.41, 5.74) is 0. The highest BCUT2D eigenvalue weighted by Gasteiger charge is 2.62. The molecule has 14 bridgehead atoms. The van der Waals surface area contributed by atoms with Crippen molar-refractivity contribution in [2.45, 2.75) is 215 Å². The molecule has 21 aliphatic heterocycles. The van der Waals surface area contributed by atoms with Crippen LogP contribution in [0.25, 0.3) is 0 Å². The van der Waals surface area contributed by atoms with Crippen molar-refractivity contribution in [3.8, 4) is 0 Å². The van der Waals surface area contributed by atoms with E-state index in [0.29, 0.717) is 0 Å². The minimum Gasteiger partial charge on any atom is -0.382 e. The maximum absolute atomic E-state index is 13.0. The van der Waals surface area contributed by atoms with Gasteiger partial charge in [0.25, 0.3) is 20.2 Å². The molecule has 610 valence electrons. The van der Waals surface area contributed by atoms with Gasteiger partial charge in [-0.3, -0.25) is 8.37 Å². The van der Waals surface area contributed by atoms with Gasteiger partial charge in [-0.1, -0.05) is 0 Å². The lowest BCUT2D eigenvalue weighted by molar-refractivity contribution is -0.402. The van der Waals surface area contributed by atoms with Crippen molar-refractivity contribution in [1.29, 1.82) is 0 Å². The van der Waals surface area contributed by atoms with Gasteiger partial charge in [0.2, 0.25) is 0 Å². The van der Waals surface area contributed by atoms with Crippen molar-refractivity contribution >= 4 is 20.2 Å². The van der Waals surface area contributed by atoms with Crippen molar-refractivity contribution in [3.05, 3.63) is 0 Å². The van der Waals surface area contributed by atoms with E-state index in [1.165, 1.54) is 135 Å². The molecule has 104 heavy (non-hydrogen) atoms. The fourth-order valence-electron chi connectivity index (χ4n) is 14.9. The molecule has 21 saturated heterocycles. The molecule has 0 aromatic heterocycles. The van der Waals surface area contributed by atoms with E-state index in [0.717, 1.165) is 12.5 Å². The Labute approximate surface area is 608 Å². The van der Waals surface area contributed by atoms with Crippen molar-refractivity contribution in [2.75, 3.05) is 194 Å². The Bertz CT molecular complexity index is 2660. The molecule has 35 atom stereocenters. The first-order valence-corrected chi connectivity index (χ1v) is 37.3. The van der Waals surface area contributed by atoms with Crippen LogP contribution in [0.1, 0.15) is 0 Å². The van der Waals surface area contributed by atoms with E-state index >= 15 is 0 Å². The molecule has 0 unspecified atom stereocenters. The van der Waals surface area contributed by atoms with E-state index in [2.05, 4.69) is 0 Å². The third-order valence-electron chi connectivity index (χ3n) is 19.5. The van der Waals surface area contributed by atoms with E-state index in [4.69, 9.17) is 165 Å². The van der Waals surface area contributed by atoms with E-state index in [-0.39, 0.29) is 33.0 Å². The van der Waals surface area contributed by atoms with E-state index < -0.39 is 248 Å². The molecule has 0 aromatic rings. The highest BCUT2D eigenvalue weighted by molar-refractivity contribution is 7.86. The van der Waals surface area contributed by atoms with Gasteiger partial charge >= 0.3 is 0 Å². The molecule has 0 radical (unpaired) electrons. The average molecular weight is 1560 g/mol. The molecule has 0 aromatic carbocycles. The molecule has 21 aliphatic rings. The predicted molar refractivity (Wildman–Crippen MR) is 347 cm³/mol. The third-order valence-corrected chi connectivity index (χ3v) is 20.7. The molecule has 21 fully saturated rings. The van der Waals surface area contributed by atoms with Crippen LogP contribution in [-0.4, -0.2) is 426 Å². The van der Waals surface area contributed by atoms with Crippen molar-refractivity contribution < 1.29 is 182 Å². The summed E-state index contributed by atoms with van der Waals surface area (Å²) in [5, 5.41) is 0. The van der Waals surface area contributed by atoms with Gasteiger partial charge in [0.1, 0.15) is 171 Å². The summed E-state index contributed by atoms with van der Waals surface area (Å²) in [6, 6.07) is 0. The molecular weight excluding hydrogens is 1440 g/mol. The first-order valence-electron chi connectivity index (χ1n) is 33.7. The average Bonchev–Trinajstić information content (AvgIpc) is 0.767. The zero-order valence-corrected chi connectivity index (χ0v) is 64.5. The fourth-order valence-corrected chi connectivity index (χ4v) is 15.7. The zero-order valence-electron chi connectivity index (χ0n) is 62.9. The van der Waals surface area contributed by atoms with Gasteiger partial charge in [-0.2, -0.15) is 16.8 Å². The number of hydrogen-bond acceptors (Lipinski definition) is 39. The smallest absolute Gasteiger partial charge is 0.264 e. The van der Waals surface area contributed by atoms with Gasteiger partial charge in [-0.05, 0) is 0 Å². The van der Waals surface area contributed by atoms with E-state index in [1.807, 2.05) is 0 Å². The third kappa shape index (κ3) is 20.3. The second-order valence-electron chi connectivity index (χ2n) is 25.6. The Morgan fingerprint density at radius 3 is 0.423 bits per heavy atom. The van der Waals surface area contributed by atoms with Crippen LogP contribution in [0.15, 0.2) is 0 Å². The Morgan fingerprint density at radius 2 is 0.317 bits per heavy atom. The Morgan fingerprint density at radius 1 is 0.192 bits per heavy atom. The molecule has 0 saturated carbocycles. The lowest BCUT2D eigenvalue weighted by Gasteiger charge is -2.52. The molecule has 39 nitrogen and oxygen atoms in total. The minimum atomic E-state index is -4.18. The SMILES string of the molecule is COC[C@@H]1O[C@@H]2O[C@H]3[C@H](OC)[C@@H](OC)[C@@H](O[C@H]4[C@@H](OC)[C@H](OC)[C@@H](O[C@H]5[C@@H](OC)[C@H](OC)[C@@H](O[C@H]6[C@H](OC)[C@@H](OC)[C@@H](O[C@H]7[C@H](OC)[C@@H](OC)[C@@H](O[C@H]8[C@H](OC)[C@@H](OC)[C@@H](O[C@H]1[C@H](OC)[C@H]2OC)O[C@H]8COC)O[C@H]7COC)O[C@@H]6COS(C)(=O)=O)O[C@@H]5COC)O[C@@H]4COC)O[C@H]3COS(C)(=O)=O. The molecule has 0 aliphatic carbocycles. The predicted octanol–water partition coefficient (Wildman–Crippen LogP) is -2.83. The van der Waals surface area contributed by atoms with Gasteiger partial charge in [-0.25, -0.2) is 0 Å². The summed E-state index contributed by atoms with van der Waals surface area (Å²) in [6.45, 7) is -2.05. The maximum atomic E-state index is 13.0. The highest BCUT2D eigenvalue weighted by Crippen LogP contribution is 2.43. The first kappa shape index (κ1) is 88.1. The molecule has 0 amide bonds. The first-order chi connectivity index (χ1) is 50.0. The van der Waals surface area contributed by atoms with Gasteiger partial charge in [0, 0.05) is 135 Å². The second-order valence-corrected chi connectivity index (χ2v) is 28.9. The summed E-state index contributed by atoms with van der Waals surface area (Å²) in [5.74, 6) is 0. The standard InChI is InChI=1S/C63H112O39S2/c1-68-22-29-36-43(73-6)50(80-13)57(89-29)97-37-30(23-69-2)92-60(53(83-16)44(37)74-7)101-41-34(27-87-103(20,64)65)95-63(56(86-19)48(41)78-11)100-40-33(26-72-5)91-59(52(82-15)47(40)77-10)98-38-31(24-70-3)93-61(54(84-17)45(38)75-8)102-42-35(28-88-104(21,66)67)94-62(55(85-18)49(42)79-12)99-39-32(25-71-4)90-58(96-36)51(81-14)46(39)76-9/h29-63H,22-28H2,1-21H3/t29-,30-,31+,32-,33+,34-,35+,36+,37+,38+,39+,40+,41+,42+,43-,44-,45+,46-,47+,48-,49-,50+,51+,52-,53+,54-,55+,56+,57+,58+,59+,60+,61+,62+,63+/m0/s1. The maximum Gasteiger partial charge on any atom is 0.264 e. The van der Waals surface area contributed by atoms with Crippen LogP contribution in [-0.2, 0) is 185 Å². The van der Waals surface area contributed by atoms with Crippen molar-refractivity contribution in [3.63, 3.8) is 0 Å². The van der Waals surface area contributed by atoms with Crippen LogP contribution >= 0.6 is 0 Å². The zero-order chi connectivity index (χ0) is 75.9. The van der Waals surface area contributed by atoms with Crippen LogP contribution in [0.5, 0.6) is 0 Å². The number of ether oxygens (including phenoxy) is 33. The normalized spacial score (nSPS) is 44.4. The number of hydrogen-bond donors (Lipinski definition) is 0. The fraction of sp³-hybridized carbons (Fsp3) is 1.00. The second kappa shape index (κ2) is 41.3. The molecule has 0 spiro atoms. The van der Waals surface area contributed by atoms with Crippen molar-refractivity contribution in [2.24, 2.45) is 0 Å². The minimum absolute atomic E-state index is 0.118. The molecular formula is C63H112O39S2. The van der Waals surface area contributed by atoms with Crippen LogP contribution in [0.4, 0.5) is 0 Å². The van der Waals surface area contributed by atoms with Crippen LogP contribution < -0.4 is 0 Å². The molecule has 21 rings (SSSR count). The van der Waals surface area contributed by atoms with Crippen molar-refractivity contribution in [1.82, 2.24) is 0 Å². The molecule has 41 heteroatoms. The van der Waals surface area contributed by atoms with Gasteiger partial charge in [0.05, 0.1) is 58.8 Å². The lowest BCUT2D eigenvalue weighted by atomic mass is 9.94. The number of rotatable bonds is 30. The van der Waals surface area contributed by atoms with Gasteiger partial charge in [0.15, 0.2) is 44.0 Å². The summed E-state index contributed by atoms with van der Waals surface area (Å²) < 4.78 is 275. The summed E-state index contributed by atoms with van der Waals surface area (Å²) in [4.78, 5) is 0. The topological polar surface area (TPSA) is 391 Å². The lowest BCUT2D eigenvalue weighted by Crippen LogP contribution is -2.69.